The van der Waals surface area contributed by atoms with Crippen LogP contribution in [0, 0.1) is 13.8 Å². The SMILES string of the molecule is Cc1ccc(OCC(C)(C)O)cc1C. The predicted molar refractivity (Wildman–Crippen MR) is 57.7 cm³/mol. The lowest BCUT2D eigenvalue weighted by Gasteiger charge is -2.18. The van der Waals surface area contributed by atoms with Crippen molar-refractivity contribution in [2.75, 3.05) is 6.61 Å². The molecule has 0 saturated carbocycles. The summed E-state index contributed by atoms with van der Waals surface area (Å²) in [5.74, 6) is 0.815. The zero-order chi connectivity index (χ0) is 10.8. The van der Waals surface area contributed by atoms with Gasteiger partial charge < -0.3 is 9.84 Å². The second-order valence-corrected chi connectivity index (χ2v) is 4.35. The third-order valence-electron chi connectivity index (χ3n) is 2.07. The van der Waals surface area contributed by atoms with Crippen LogP contribution >= 0.6 is 0 Å². The Hall–Kier alpha value is -1.02. The van der Waals surface area contributed by atoms with Crippen LogP contribution in [0.15, 0.2) is 18.2 Å². The molecule has 0 amide bonds. The number of hydrogen-bond acceptors (Lipinski definition) is 2. The Bertz CT molecular complexity index is 311. The third kappa shape index (κ3) is 3.38. The van der Waals surface area contributed by atoms with Crippen LogP contribution in [-0.2, 0) is 0 Å². The summed E-state index contributed by atoms with van der Waals surface area (Å²) in [6.07, 6.45) is 0. The summed E-state index contributed by atoms with van der Waals surface area (Å²) in [6.45, 7) is 7.89. The topological polar surface area (TPSA) is 29.5 Å². The van der Waals surface area contributed by atoms with Gasteiger partial charge in [-0.15, -0.1) is 0 Å². The highest BCUT2D eigenvalue weighted by atomic mass is 16.5. The van der Waals surface area contributed by atoms with Gasteiger partial charge in [0.15, 0.2) is 0 Å². The van der Waals surface area contributed by atoms with Crippen molar-refractivity contribution in [3.05, 3.63) is 29.3 Å². The highest BCUT2D eigenvalue weighted by Gasteiger charge is 2.13. The van der Waals surface area contributed by atoms with Crippen molar-refractivity contribution < 1.29 is 9.84 Å². The van der Waals surface area contributed by atoms with E-state index in [4.69, 9.17) is 4.74 Å². The molecule has 1 aromatic rings. The van der Waals surface area contributed by atoms with Crippen LogP contribution in [0.4, 0.5) is 0 Å². The molecular formula is C12H18O2. The molecule has 0 aliphatic heterocycles. The van der Waals surface area contributed by atoms with E-state index < -0.39 is 5.60 Å². The Balaban J connectivity index is 2.65. The smallest absolute Gasteiger partial charge is 0.119 e. The van der Waals surface area contributed by atoms with E-state index in [9.17, 15) is 5.11 Å². The molecular weight excluding hydrogens is 176 g/mol. The van der Waals surface area contributed by atoms with Gasteiger partial charge in [-0.1, -0.05) is 6.07 Å². The first-order chi connectivity index (χ1) is 6.38. The lowest BCUT2D eigenvalue weighted by atomic mass is 10.1. The van der Waals surface area contributed by atoms with Crippen molar-refractivity contribution in [3.8, 4) is 5.75 Å². The quantitative estimate of drug-likeness (QED) is 0.801. The molecule has 0 radical (unpaired) electrons. The van der Waals surface area contributed by atoms with Gasteiger partial charge in [-0.2, -0.15) is 0 Å². The maximum atomic E-state index is 9.48. The van der Waals surface area contributed by atoms with E-state index in [2.05, 4.69) is 6.92 Å². The van der Waals surface area contributed by atoms with Gasteiger partial charge in [0.05, 0.1) is 5.60 Å². The minimum Gasteiger partial charge on any atom is -0.491 e. The highest BCUT2D eigenvalue weighted by molar-refractivity contribution is 5.33. The molecule has 1 rings (SSSR count). The van der Waals surface area contributed by atoms with E-state index in [1.54, 1.807) is 13.8 Å². The highest BCUT2D eigenvalue weighted by Crippen LogP contribution is 2.17. The van der Waals surface area contributed by atoms with Gasteiger partial charge in [0.2, 0.25) is 0 Å². The van der Waals surface area contributed by atoms with Gasteiger partial charge >= 0.3 is 0 Å². The average Bonchev–Trinajstić information content (AvgIpc) is 2.06. The lowest BCUT2D eigenvalue weighted by Crippen LogP contribution is -2.27. The van der Waals surface area contributed by atoms with Gasteiger partial charge in [-0.25, -0.2) is 0 Å². The van der Waals surface area contributed by atoms with Crippen molar-refractivity contribution >= 4 is 0 Å². The number of hydrogen-bond donors (Lipinski definition) is 1. The van der Waals surface area contributed by atoms with Crippen molar-refractivity contribution in [1.82, 2.24) is 0 Å². The Labute approximate surface area is 85.5 Å². The van der Waals surface area contributed by atoms with Gasteiger partial charge in [0.25, 0.3) is 0 Å². The molecule has 0 bridgehead atoms. The first-order valence-electron chi connectivity index (χ1n) is 4.81. The Morgan fingerprint density at radius 1 is 1.21 bits per heavy atom. The van der Waals surface area contributed by atoms with Crippen molar-refractivity contribution in [2.24, 2.45) is 0 Å². The molecule has 1 N–H and O–H groups in total. The van der Waals surface area contributed by atoms with Crippen LogP contribution in [0.5, 0.6) is 5.75 Å². The fourth-order valence-electron chi connectivity index (χ4n) is 1.06. The molecule has 0 fully saturated rings. The monoisotopic (exact) mass is 194 g/mol. The summed E-state index contributed by atoms with van der Waals surface area (Å²) < 4.78 is 5.46. The fraction of sp³-hybridized carbons (Fsp3) is 0.500. The van der Waals surface area contributed by atoms with E-state index in [0.29, 0.717) is 6.61 Å². The van der Waals surface area contributed by atoms with Crippen molar-refractivity contribution in [2.45, 2.75) is 33.3 Å². The number of benzene rings is 1. The minimum absolute atomic E-state index is 0.315. The molecule has 2 nitrogen and oxygen atoms in total. The summed E-state index contributed by atoms with van der Waals surface area (Å²) in [5, 5.41) is 9.48. The van der Waals surface area contributed by atoms with Crippen molar-refractivity contribution in [1.29, 1.82) is 0 Å². The summed E-state index contributed by atoms with van der Waals surface area (Å²) in [4.78, 5) is 0. The molecule has 14 heavy (non-hydrogen) atoms. The first kappa shape index (κ1) is 11.1. The summed E-state index contributed by atoms with van der Waals surface area (Å²) in [5.41, 5.74) is 1.68. The predicted octanol–water partition coefficient (Wildman–Crippen LogP) is 2.45. The van der Waals surface area contributed by atoms with Gasteiger partial charge in [0, 0.05) is 0 Å². The molecule has 0 atom stereocenters. The average molecular weight is 194 g/mol. The molecule has 0 unspecified atom stereocenters. The zero-order valence-corrected chi connectivity index (χ0v) is 9.29. The minimum atomic E-state index is -0.779. The van der Waals surface area contributed by atoms with Crippen LogP contribution in [0.3, 0.4) is 0 Å². The third-order valence-corrected chi connectivity index (χ3v) is 2.07. The molecule has 2 heteroatoms. The van der Waals surface area contributed by atoms with Gasteiger partial charge in [-0.3, -0.25) is 0 Å². The molecule has 0 aliphatic rings. The number of ether oxygens (including phenoxy) is 1. The number of aryl methyl sites for hydroxylation is 2. The zero-order valence-electron chi connectivity index (χ0n) is 9.29. The largest absolute Gasteiger partial charge is 0.491 e. The summed E-state index contributed by atoms with van der Waals surface area (Å²) >= 11 is 0. The second-order valence-electron chi connectivity index (χ2n) is 4.35. The van der Waals surface area contributed by atoms with E-state index in [-0.39, 0.29) is 0 Å². The Kier molecular flexibility index (Phi) is 3.17. The summed E-state index contributed by atoms with van der Waals surface area (Å²) in [7, 11) is 0. The molecule has 0 aliphatic carbocycles. The first-order valence-corrected chi connectivity index (χ1v) is 4.81. The molecule has 0 aromatic heterocycles. The normalized spacial score (nSPS) is 11.5. The molecule has 0 heterocycles. The van der Waals surface area contributed by atoms with Crippen LogP contribution in [-0.4, -0.2) is 17.3 Å². The molecule has 0 saturated heterocycles. The van der Waals surface area contributed by atoms with Gasteiger partial charge in [-0.05, 0) is 51.0 Å². The van der Waals surface area contributed by atoms with E-state index in [0.717, 1.165) is 5.75 Å². The fourth-order valence-corrected chi connectivity index (χ4v) is 1.06. The maximum Gasteiger partial charge on any atom is 0.119 e. The molecule has 0 spiro atoms. The Morgan fingerprint density at radius 2 is 1.86 bits per heavy atom. The molecule has 78 valence electrons. The van der Waals surface area contributed by atoms with Gasteiger partial charge in [0.1, 0.15) is 12.4 Å². The van der Waals surface area contributed by atoms with Crippen molar-refractivity contribution in [3.63, 3.8) is 0 Å². The van der Waals surface area contributed by atoms with Crippen LogP contribution in [0.2, 0.25) is 0 Å². The van der Waals surface area contributed by atoms with Crippen LogP contribution < -0.4 is 4.74 Å². The number of rotatable bonds is 3. The van der Waals surface area contributed by atoms with Crippen LogP contribution in [0.25, 0.3) is 0 Å². The Morgan fingerprint density at radius 3 is 2.36 bits per heavy atom. The van der Waals surface area contributed by atoms with E-state index in [1.807, 2.05) is 25.1 Å². The van der Waals surface area contributed by atoms with E-state index in [1.165, 1.54) is 11.1 Å². The molecule has 1 aromatic carbocycles. The summed E-state index contributed by atoms with van der Waals surface area (Å²) in [6, 6.07) is 5.93. The second kappa shape index (κ2) is 4.01. The van der Waals surface area contributed by atoms with E-state index >= 15 is 0 Å². The van der Waals surface area contributed by atoms with Crippen LogP contribution in [0.1, 0.15) is 25.0 Å². The lowest BCUT2D eigenvalue weighted by molar-refractivity contribution is 0.0284. The standard InChI is InChI=1S/C12H18O2/c1-9-5-6-11(7-10(9)2)14-8-12(3,4)13/h5-7,13H,8H2,1-4H3. The number of aliphatic hydroxyl groups is 1. The maximum absolute atomic E-state index is 9.48.